The van der Waals surface area contributed by atoms with Crippen LogP contribution in [0, 0.1) is 6.92 Å². The highest BCUT2D eigenvalue weighted by molar-refractivity contribution is 5.94. The van der Waals surface area contributed by atoms with Gasteiger partial charge in [0.05, 0.1) is 19.1 Å². The number of hydrogen-bond donors (Lipinski definition) is 1. The molecule has 0 fully saturated rings. The van der Waals surface area contributed by atoms with Crippen LogP contribution in [0.4, 0.5) is 13.2 Å². The van der Waals surface area contributed by atoms with Crippen LogP contribution in [0.2, 0.25) is 0 Å². The number of halogens is 3. The molecule has 8 heteroatoms. The minimum absolute atomic E-state index is 0.0977. The second-order valence-corrected chi connectivity index (χ2v) is 7.61. The third-order valence-electron chi connectivity index (χ3n) is 5.24. The lowest BCUT2D eigenvalue weighted by Gasteiger charge is -2.12. The van der Waals surface area contributed by atoms with Gasteiger partial charge in [0.1, 0.15) is 12.4 Å². The first-order valence-electron chi connectivity index (χ1n) is 10.5. The minimum Gasteiger partial charge on any atom is -0.489 e. The van der Waals surface area contributed by atoms with Gasteiger partial charge in [-0.1, -0.05) is 30.3 Å². The van der Waals surface area contributed by atoms with E-state index in [2.05, 4.69) is 10.1 Å². The number of esters is 1. The number of nitrogens with one attached hydrogen (secondary N) is 1. The van der Waals surface area contributed by atoms with E-state index in [1.165, 1.54) is 19.2 Å². The van der Waals surface area contributed by atoms with Crippen LogP contribution in [-0.2, 0) is 22.3 Å². The molecule has 0 aliphatic heterocycles. The van der Waals surface area contributed by atoms with Gasteiger partial charge in [-0.25, -0.2) is 0 Å². The topological polar surface area (TPSA) is 64.6 Å². The maximum atomic E-state index is 12.8. The summed E-state index contributed by atoms with van der Waals surface area (Å²) in [6, 6.07) is 17.3. The number of carbonyl (C=O) groups excluding carboxylic acids is 2. The molecule has 178 valence electrons. The lowest BCUT2D eigenvalue weighted by atomic mass is 9.99. The summed E-state index contributed by atoms with van der Waals surface area (Å²) >= 11 is 0. The summed E-state index contributed by atoms with van der Waals surface area (Å²) < 4.78 is 48.6. The summed E-state index contributed by atoms with van der Waals surface area (Å²) in [7, 11) is 1.29. The van der Waals surface area contributed by atoms with Gasteiger partial charge < -0.3 is 14.8 Å². The predicted octanol–water partition coefficient (Wildman–Crippen LogP) is 5.55. The molecule has 3 rings (SSSR count). The van der Waals surface area contributed by atoms with E-state index < -0.39 is 17.7 Å². The number of rotatable bonds is 8. The number of aryl methyl sites for hydroxylation is 1. The zero-order chi connectivity index (χ0) is 24.7. The second kappa shape index (κ2) is 10.9. The van der Waals surface area contributed by atoms with Gasteiger partial charge in [-0.15, -0.1) is 0 Å². The number of amides is 1. The molecule has 5 nitrogen and oxygen atoms in total. The Kier molecular flexibility index (Phi) is 7.94. The lowest BCUT2D eigenvalue weighted by Crippen LogP contribution is -2.26. The molecule has 0 bridgehead atoms. The largest absolute Gasteiger partial charge is 0.489 e. The number of carbonyl (C=O) groups is 2. The molecule has 0 heterocycles. The van der Waals surface area contributed by atoms with Gasteiger partial charge in [-0.05, 0) is 65.6 Å². The van der Waals surface area contributed by atoms with Crippen molar-refractivity contribution in [1.29, 1.82) is 0 Å². The van der Waals surface area contributed by atoms with Crippen molar-refractivity contribution < 1.29 is 32.2 Å². The van der Waals surface area contributed by atoms with Crippen LogP contribution in [0.25, 0.3) is 11.1 Å². The maximum Gasteiger partial charge on any atom is 0.416 e. The molecule has 0 saturated carbocycles. The van der Waals surface area contributed by atoms with Gasteiger partial charge in [0.25, 0.3) is 5.91 Å². The van der Waals surface area contributed by atoms with Crippen molar-refractivity contribution in [1.82, 2.24) is 5.32 Å². The van der Waals surface area contributed by atoms with Gasteiger partial charge in [0.15, 0.2) is 0 Å². The Balaban J connectivity index is 1.57. The van der Waals surface area contributed by atoms with Crippen molar-refractivity contribution in [2.45, 2.75) is 26.1 Å². The van der Waals surface area contributed by atoms with Crippen LogP contribution >= 0.6 is 0 Å². The van der Waals surface area contributed by atoms with Crippen LogP contribution in [0.5, 0.6) is 5.75 Å². The van der Waals surface area contributed by atoms with Crippen molar-refractivity contribution in [3.8, 4) is 16.9 Å². The Morgan fingerprint density at radius 1 is 0.912 bits per heavy atom. The summed E-state index contributed by atoms with van der Waals surface area (Å²) in [6.45, 7) is 2.39. The number of ether oxygens (including phenoxy) is 2. The molecule has 0 aliphatic carbocycles. The average Bonchev–Trinajstić information content (AvgIpc) is 2.83. The first-order chi connectivity index (χ1) is 16.2. The Hall–Kier alpha value is -3.81. The molecule has 3 aromatic rings. The number of hydrogen-bond acceptors (Lipinski definition) is 4. The molecular weight excluding hydrogens is 447 g/mol. The van der Waals surface area contributed by atoms with E-state index in [-0.39, 0.29) is 18.9 Å². The van der Waals surface area contributed by atoms with E-state index in [0.717, 1.165) is 28.8 Å². The van der Waals surface area contributed by atoms with Gasteiger partial charge >= 0.3 is 12.1 Å². The Bertz CT molecular complexity index is 1140. The number of methoxy groups -OCH3 is 1. The van der Waals surface area contributed by atoms with E-state index in [9.17, 15) is 22.8 Å². The van der Waals surface area contributed by atoms with Crippen molar-refractivity contribution >= 4 is 11.9 Å². The standard InChI is InChI=1S/C26H24F3NO4/c1-17-15-20(18-5-9-22(10-6-18)26(27,28)29)3-4-21(17)16-34-23-11-7-19(8-12-23)25(32)30-14-13-24(31)33-2/h3-12,15H,13-14,16H2,1-2H3,(H,30,32). The maximum absolute atomic E-state index is 12.8. The van der Waals surface area contributed by atoms with Crippen LogP contribution < -0.4 is 10.1 Å². The number of alkyl halides is 3. The molecule has 0 saturated heterocycles. The van der Waals surface area contributed by atoms with Gasteiger partial charge in [-0.2, -0.15) is 13.2 Å². The summed E-state index contributed by atoms with van der Waals surface area (Å²) in [5.41, 5.74) is 3.15. The van der Waals surface area contributed by atoms with Crippen molar-refractivity contribution in [2.24, 2.45) is 0 Å². The molecule has 1 amide bonds. The summed E-state index contributed by atoms with van der Waals surface area (Å²) in [4.78, 5) is 23.2. The van der Waals surface area contributed by atoms with Gasteiger partial charge in [0, 0.05) is 12.1 Å². The molecule has 34 heavy (non-hydrogen) atoms. The highest BCUT2D eigenvalue weighted by Gasteiger charge is 2.29. The minimum atomic E-state index is -4.36. The van der Waals surface area contributed by atoms with Crippen molar-refractivity contribution in [2.75, 3.05) is 13.7 Å². The fourth-order valence-corrected chi connectivity index (χ4v) is 3.23. The molecule has 3 aromatic carbocycles. The normalized spacial score (nSPS) is 11.1. The predicted molar refractivity (Wildman–Crippen MR) is 121 cm³/mol. The Morgan fingerprint density at radius 2 is 1.56 bits per heavy atom. The molecule has 0 aromatic heterocycles. The summed E-state index contributed by atoms with van der Waals surface area (Å²) in [5.74, 6) is -0.116. The Morgan fingerprint density at radius 3 is 2.15 bits per heavy atom. The average molecular weight is 471 g/mol. The third-order valence-corrected chi connectivity index (χ3v) is 5.24. The molecular formula is C26H24F3NO4. The van der Waals surface area contributed by atoms with Crippen molar-refractivity contribution in [3.05, 3.63) is 89.0 Å². The van der Waals surface area contributed by atoms with Gasteiger partial charge in [-0.3, -0.25) is 9.59 Å². The molecule has 0 unspecified atom stereocenters. The lowest BCUT2D eigenvalue weighted by molar-refractivity contribution is -0.140. The van der Waals surface area contributed by atoms with E-state index >= 15 is 0 Å². The molecule has 0 atom stereocenters. The highest BCUT2D eigenvalue weighted by atomic mass is 19.4. The number of benzene rings is 3. The SMILES string of the molecule is COC(=O)CCNC(=O)c1ccc(OCc2ccc(-c3ccc(C(F)(F)F)cc3)cc2C)cc1. The fourth-order valence-electron chi connectivity index (χ4n) is 3.23. The fraction of sp³-hybridized carbons (Fsp3) is 0.231. The second-order valence-electron chi connectivity index (χ2n) is 7.61. The van der Waals surface area contributed by atoms with Crippen LogP contribution in [0.15, 0.2) is 66.7 Å². The Labute approximate surface area is 195 Å². The highest BCUT2D eigenvalue weighted by Crippen LogP contribution is 2.31. The smallest absolute Gasteiger partial charge is 0.416 e. The molecule has 0 spiro atoms. The van der Waals surface area contributed by atoms with E-state index in [1.54, 1.807) is 24.3 Å². The van der Waals surface area contributed by atoms with Crippen molar-refractivity contribution in [3.63, 3.8) is 0 Å². The first kappa shape index (κ1) is 24.8. The third kappa shape index (κ3) is 6.60. The molecule has 0 aliphatic rings. The van der Waals surface area contributed by atoms with E-state index in [0.29, 0.717) is 23.5 Å². The van der Waals surface area contributed by atoms with Crippen LogP contribution in [0.1, 0.15) is 33.5 Å². The van der Waals surface area contributed by atoms with Crippen LogP contribution in [-0.4, -0.2) is 25.5 Å². The van der Waals surface area contributed by atoms with E-state index in [1.807, 2.05) is 25.1 Å². The zero-order valence-electron chi connectivity index (χ0n) is 18.7. The van der Waals surface area contributed by atoms with E-state index in [4.69, 9.17) is 4.74 Å². The van der Waals surface area contributed by atoms with Gasteiger partial charge in [0.2, 0.25) is 0 Å². The molecule has 0 radical (unpaired) electrons. The first-order valence-corrected chi connectivity index (χ1v) is 10.5. The molecule has 1 N–H and O–H groups in total. The monoisotopic (exact) mass is 471 g/mol. The summed E-state index contributed by atoms with van der Waals surface area (Å²) in [5, 5.41) is 2.64. The zero-order valence-corrected chi connectivity index (χ0v) is 18.7. The quantitative estimate of drug-likeness (QED) is 0.438. The van der Waals surface area contributed by atoms with Crippen LogP contribution in [0.3, 0.4) is 0 Å². The summed E-state index contributed by atoms with van der Waals surface area (Å²) in [6.07, 6.45) is -4.26.